The molecule has 7 heteroatoms. The fraction of sp³-hybridized carbons (Fsp3) is 0.250. The van der Waals surface area contributed by atoms with Crippen LogP contribution in [0, 0.1) is 16.0 Å². The van der Waals surface area contributed by atoms with E-state index in [0.717, 1.165) is 36.8 Å². The van der Waals surface area contributed by atoms with Gasteiger partial charge in [0, 0.05) is 23.3 Å². The summed E-state index contributed by atoms with van der Waals surface area (Å²) in [7, 11) is 0. The molecule has 2 aliphatic carbocycles. The summed E-state index contributed by atoms with van der Waals surface area (Å²) in [4.78, 5) is 39.3. The van der Waals surface area contributed by atoms with Crippen LogP contribution >= 0.6 is 0 Å². The van der Waals surface area contributed by atoms with E-state index in [2.05, 4.69) is 10.3 Å². The summed E-state index contributed by atoms with van der Waals surface area (Å²) in [5, 5.41) is 14.0. The normalized spacial score (nSPS) is 22.7. The zero-order chi connectivity index (χ0) is 19.0. The maximum atomic E-state index is 12.4. The Kier molecular flexibility index (Phi) is 4.27. The highest BCUT2D eigenvalue weighted by Crippen LogP contribution is 2.38. The van der Waals surface area contributed by atoms with Crippen LogP contribution in [0.4, 0.5) is 5.69 Å². The molecule has 0 radical (unpaired) electrons. The third kappa shape index (κ3) is 3.12. The van der Waals surface area contributed by atoms with E-state index < -0.39 is 10.8 Å². The van der Waals surface area contributed by atoms with Crippen molar-refractivity contribution in [2.24, 2.45) is 10.9 Å². The highest BCUT2D eigenvalue weighted by Gasteiger charge is 2.33. The van der Waals surface area contributed by atoms with Crippen molar-refractivity contribution in [2.45, 2.75) is 25.7 Å². The first-order valence-electron chi connectivity index (χ1n) is 8.84. The molecule has 136 valence electrons. The van der Waals surface area contributed by atoms with Gasteiger partial charge in [-0.25, -0.2) is 4.99 Å². The van der Waals surface area contributed by atoms with Crippen LogP contribution in [0.2, 0.25) is 0 Å². The lowest BCUT2D eigenvalue weighted by Crippen LogP contribution is -2.37. The molecule has 1 aromatic carbocycles. The van der Waals surface area contributed by atoms with Crippen molar-refractivity contribution in [3.05, 3.63) is 75.0 Å². The van der Waals surface area contributed by atoms with E-state index in [4.69, 9.17) is 0 Å². The molecule has 1 N–H and O–H groups in total. The molecule has 3 aliphatic rings. The molecule has 27 heavy (non-hydrogen) atoms. The van der Waals surface area contributed by atoms with Crippen LogP contribution in [-0.4, -0.2) is 22.4 Å². The summed E-state index contributed by atoms with van der Waals surface area (Å²) < 4.78 is 0. The molecule has 1 aliphatic heterocycles. The first-order chi connectivity index (χ1) is 13.0. The maximum Gasteiger partial charge on any atom is 0.284 e. The fourth-order valence-corrected chi connectivity index (χ4v) is 3.81. The van der Waals surface area contributed by atoms with Gasteiger partial charge in [0.1, 0.15) is 5.56 Å². The van der Waals surface area contributed by atoms with Crippen LogP contribution in [0.3, 0.4) is 0 Å². The number of fused-ring (bicyclic) bond motifs is 2. The largest absolute Gasteiger partial charge is 0.325 e. The van der Waals surface area contributed by atoms with E-state index in [1.54, 1.807) is 18.2 Å². The number of para-hydroxylation sites is 1. The van der Waals surface area contributed by atoms with Crippen LogP contribution < -0.4 is 5.32 Å². The quantitative estimate of drug-likeness (QED) is 0.643. The second kappa shape index (κ2) is 6.75. The van der Waals surface area contributed by atoms with Crippen LogP contribution in [0.15, 0.2) is 64.3 Å². The predicted molar refractivity (Wildman–Crippen MR) is 99.2 cm³/mol. The van der Waals surface area contributed by atoms with Gasteiger partial charge in [0.2, 0.25) is 0 Å². The number of hydrogen-bond donors (Lipinski definition) is 1. The minimum absolute atomic E-state index is 0.0121. The Morgan fingerprint density at radius 2 is 2.00 bits per heavy atom. The van der Waals surface area contributed by atoms with Gasteiger partial charge in [-0.15, -0.1) is 0 Å². The Bertz CT molecular complexity index is 985. The van der Waals surface area contributed by atoms with Gasteiger partial charge in [-0.2, -0.15) is 0 Å². The number of allylic oxidation sites excluding steroid dienone is 3. The molecule has 0 aromatic heterocycles. The molecule has 1 unspecified atom stereocenters. The van der Waals surface area contributed by atoms with E-state index in [1.165, 1.54) is 18.2 Å². The number of carbonyl (C=O) groups excluding carboxylic acids is 2. The van der Waals surface area contributed by atoms with Crippen molar-refractivity contribution in [1.29, 1.82) is 0 Å². The third-order valence-electron chi connectivity index (χ3n) is 5.08. The zero-order valence-electron chi connectivity index (χ0n) is 14.5. The van der Waals surface area contributed by atoms with Crippen LogP contribution in [0.25, 0.3) is 0 Å². The molecule has 1 aromatic rings. The van der Waals surface area contributed by atoms with E-state index in [9.17, 15) is 19.7 Å². The summed E-state index contributed by atoms with van der Waals surface area (Å²) in [6, 6.07) is 5.72. The first kappa shape index (κ1) is 17.1. The molecular formula is C20H17N3O4. The van der Waals surface area contributed by atoms with E-state index in [0.29, 0.717) is 11.4 Å². The number of rotatable bonds is 2. The highest BCUT2D eigenvalue weighted by molar-refractivity contribution is 6.15. The molecule has 0 saturated heterocycles. The summed E-state index contributed by atoms with van der Waals surface area (Å²) in [6.07, 6.45) is 9.14. The topological polar surface area (TPSA) is 102 Å². The molecule has 0 fully saturated rings. The predicted octanol–water partition coefficient (Wildman–Crippen LogP) is 3.25. The van der Waals surface area contributed by atoms with Gasteiger partial charge < -0.3 is 5.32 Å². The van der Waals surface area contributed by atoms with E-state index in [-0.39, 0.29) is 23.1 Å². The van der Waals surface area contributed by atoms with Crippen LogP contribution in [0.1, 0.15) is 36.0 Å². The molecule has 4 rings (SSSR count). The summed E-state index contributed by atoms with van der Waals surface area (Å²) >= 11 is 0. The monoisotopic (exact) mass is 363 g/mol. The number of nitrogens with one attached hydrogen (secondary N) is 1. The van der Waals surface area contributed by atoms with Crippen molar-refractivity contribution in [3.63, 3.8) is 0 Å². The van der Waals surface area contributed by atoms with Crippen molar-refractivity contribution < 1.29 is 14.5 Å². The van der Waals surface area contributed by atoms with Crippen molar-refractivity contribution in [3.8, 4) is 0 Å². The zero-order valence-corrected chi connectivity index (χ0v) is 14.5. The Labute approximate surface area is 155 Å². The summed E-state index contributed by atoms with van der Waals surface area (Å²) in [6.45, 7) is 0. The first-order valence-corrected chi connectivity index (χ1v) is 8.84. The Morgan fingerprint density at radius 1 is 1.22 bits per heavy atom. The van der Waals surface area contributed by atoms with Crippen molar-refractivity contribution >= 4 is 23.2 Å². The van der Waals surface area contributed by atoms with Gasteiger partial charge in [-0.3, -0.25) is 19.7 Å². The maximum absolute atomic E-state index is 12.4. The molecule has 0 bridgehead atoms. The van der Waals surface area contributed by atoms with Crippen LogP contribution in [0.5, 0.6) is 0 Å². The standard InChI is InChI=1S/C20H17N3O4/c24-19-15-6-2-1-5-13(15)14-10-9-12(11-17(14)22-19)21-20(25)16-7-3-4-8-18(16)23(26)27/h3-4,7-11,14H,1-2,5-6H2,(H,22,24). The number of benzene rings is 1. The number of hydrogen-bond acceptors (Lipinski definition) is 4. The average molecular weight is 363 g/mol. The lowest BCUT2D eigenvalue weighted by Gasteiger charge is -2.33. The van der Waals surface area contributed by atoms with E-state index >= 15 is 0 Å². The SMILES string of the molecule is O=C1NC2=CC(=NC(=O)c3ccccc3[N+](=O)[O-])C=CC2C2=C1CCCC2. The average Bonchev–Trinajstić information content (AvgIpc) is 2.68. The Hall–Kier alpha value is -3.35. The molecule has 7 nitrogen and oxygen atoms in total. The lowest BCUT2D eigenvalue weighted by molar-refractivity contribution is -0.385. The van der Waals surface area contributed by atoms with Gasteiger partial charge in [0.25, 0.3) is 17.5 Å². The number of carbonyl (C=O) groups is 2. The van der Waals surface area contributed by atoms with Crippen molar-refractivity contribution in [2.75, 3.05) is 0 Å². The third-order valence-corrected chi connectivity index (χ3v) is 5.08. The van der Waals surface area contributed by atoms with Gasteiger partial charge in [0.05, 0.1) is 10.6 Å². The fourth-order valence-electron chi connectivity index (χ4n) is 3.81. The van der Waals surface area contributed by atoms with Gasteiger partial charge in [-0.05, 0) is 49.5 Å². The second-order valence-electron chi connectivity index (χ2n) is 6.72. The van der Waals surface area contributed by atoms with Gasteiger partial charge >= 0.3 is 0 Å². The lowest BCUT2D eigenvalue weighted by atomic mass is 9.77. The number of amides is 2. The van der Waals surface area contributed by atoms with Gasteiger partial charge in [0.15, 0.2) is 0 Å². The summed E-state index contributed by atoms with van der Waals surface area (Å²) in [5.41, 5.74) is 2.76. The minimum atomic E-state index is -0.683. The Balaban J connectivity index is 1.65. The molecule has 0 saturated carbocycles. The van der Waals surface area contributed by atoms with E-state index in [1.807, 2.05) is 6.08 Å². The number of nitro groups is 1. The Morgan fingerprint density at radius 3 is 2.81 bits per heavy atom. The summed E-state index contributed by atoms with van der Waals surface area (Å²) in [5.74, 6) is -0.748. The molecule has 1 atom stereocenters. The minimum Gasteiger partial charge on any atom is -0.325 e. The molecule has 2 amide bonds. The molecule has 1 heterocycles. The number of nitrogens with zero attached hydrogens (tertiary/aromatic N) is 2. The smallest absolute Gasteiger partial charge is 0.284 e. The second-order valence-corrected chi connectivity index (χ2v) is 6.72. The molecular weight excluding hydrogens is 346 g/mol. The highest BCUT2D eigenvalue weighted by atomic mass is 16.6. The van der Waals surface area contributed by atoms with Crippen molar-refractivity contribution in [1.82, 2.24) is 5.32 Å². The number of aliphatic imine (C=N–C) groups is 1. The van der Waals surface area contributed by atoms with Crippen LogP contribution in [-0.2, 0) is 4.79 Å². The van der Waals surface area contributed by atoms with Gasteiger partial charge in [-0.1, -0.05) is 18.2 Å². The molecule has 0 spiro atoms. The number of nitro benzene ring substituents is 1.